The number of rotatable bonds is 0. The van der Waals surface area contributed by atoms with E-state index in [2.05, 4.69) is 16.7 Å². The molecule has 0 fully saturated rings. The third-order valence-electron chi connectivity index (χ3n) is 3.59. The van der Waals surface area contributed by atoms with E-state index in [9.17, 15) is 4.79 Å². The van der Waals surface area contributed by atoms with E-state index in [0.29, 0.717) is 13.1 Å². The number of carboxylic acid groups (broad SMARTS) is 1. The molecule has 0 atom stereocenters. The molecule has 0 saturated carbocycles. The van der Waals surface area contributed by atoms with Gasteiger partial charge in [-0.05, 0) is 18.1 Å². The zero-order chi connectivity index (χ0) is 12.0. The molecule has 0 radical (unpaired) electrons. The molecule has 17 heavy (non-hydrogen) atoms. The van der Waals surface area contributed by atoms with Gasteiger partial charge in [0, 0.05) is 30.2 Å². The fourth-order valence-corrected chi connectivity index (χ4v) is 2.67. The number of nitrogens with zero attached hydrogens (tertiary/aromatic N) is 2. The van der Waals surface area contributed by atoms with Gasteiger partial charge in [0.25, 0.3) is 0 Å². The minimum Gasteiger partial charge on any atom is -0.465 e. The molecule has 1 N–H and O–H groups in total. The molecule has 0 unspecified atom stereocenters. The van der Waals surface area contributed by atoms with E-state index < -0.39 is 6.09 Å². The summed E-state index contributed by atoms with van der Waals surface area (Å²) in [5.41, 5.74) is 3.62. The second-order valence-corrected chi connectivity index (χ2v) is 4.46. The molecule has 1 aliphatic rings. The number of aryl methyl sites for hydroxylation is 1. The summed E-state index contributed by atoms with van der Waals surface area (Å²) in [6.07, 6.45) is -0.0240. The summed E-state index contributed by atoms with van der Waals surface area (Å²) < 4.78 is 2.11. The largest absolute Gasteiger partial charge is 0.465 e. The first kappa shape index (κ1) is 10.2. The highest BCUT2D eigenvalue weighted by atomic mass is 16.4. The maximum Gasteiger partial charge on any atom is 0.407 e. The average molecular weight is 230 g/mol. The molecule has 0 aliphatic carbocycles. The number of amides is 1. The normalized spacial score (nSPS) is 15.0. The molecule has 2 heterocycles. The molecular formula is C13H14N2O2. The maximum absolute atomic E-state index is 11.0. The van der Waals surface area contributed by atoms with Crippen molar-refractivity contribution in [2.45, 2.75) is 13.0 Å². The van der Waals surface area contributed by atoms with E-state index in [0.717, 1.165) is 12.1 Å². The summed E-state index contributed by atoms with van der Waals surface area (Å²) in [5, 5.41) is 10.3. The second kappa shape index (κ2) is 3.52. The minimum absolute atomic E-state index is 0.496. The molecule has 2 aromatic rings. The molecule has 0 bridgehead atoms. The number of benzene rings is 1. The molecule has 0 spiro atoms. The number of para-hydroxylation sites is 1. The van der Waals surface area contributed by atoms with Crippen LogP contribution in [0.1, 0.15) is 11.3 Å². The summed E-state index contributed by atoms with van der Waals surface area (Å²) in [7, 11) is 2.01. The molecular weight excluding hydrogens is 216 g/mol. The van der Waals surface area contributed by atoms with Crippen LogP contribution in [0.25, 0.3) is 10.9 Å². The maximum atomic E-state index is 11.0. The van der Waals surface area contributed by atoms with Gasteiger partial charge in [0.05, 0.1) is 6.54 Å². The van der Waals surface area contributed by atoms with Gasteiger partial charge in [-0.15, -0.1) is 0 Å². The van der Waals surface area contributed by atoms with Crippen LogP contribution in [-0.4, -0.2) is 27.2 Å². The minimum atomic E-state index is -0.832. The van der Waals surface area contributed by atoms with Gasteiger partial charge in [-0.2, -0.15) is 0 Å². The SMILES string of the molecule is Cn1c2c(c3ccccc31)CCN(C(=O)O)C2. The average Bonchev–Trinajstić information content (AvgIpc) is 2.64. The van der Waals surface area contributed by atoms with E-state index >= 15 is 0 Å². The van der Waals surface area contributed by atoms with Gasteiger partial charge < -0.3 is 14.6 Å². The number of aromatic nitrogens is 1. The van der Waals surface area contributed by atoms with Crippen molar-refractivity contribution in [3.63, 3.8) is 0 Å². The molecule has 1 amide bonds. The highest BCUT2D eigenvalue weighted by molar-refractivity contribution is 5.86. The van der Waals surface area contributed by atoms with Crippen LogP contribution in [0.3, 0.4) is 0 Å². The Morgan fingerprint density at radius 2 is 2.12 bits per heavy atom. The number of hydrogen-bond donors (Lipinski definition) is 1. The topological polar surface area (TPSA) is 45.5 Å². The van der Waals surface area contributed by atoms with Crippen LogP contribution in [0.2, 0.25) is 0 Å². The Morgan fingerprint density at radius 3 is 2.88 bits per heavy atom. The van der Waals surface area contributed by atoms with Gasteiger partial charge in [-0.25, -0.2) is 4.79 Å². The van der Waals surface area contributed by atoms with E-state index in [-0.39, 0.29) is 0 Å². The Labute approximate surface area is 99.1 Å². The van der Waals surface area contributed by atoms with Crippen molar-refractivity contribution >= 4 is 17.0 Å². The predicted molar refractivity (Wildman–Crippen MR) is 65.1 cm³/mol. The van der Waals surface area contributed by atoms with Crippen molar-refractivity contribution in [1.82, 2.24) is 9.47 Å². The van der Waals surface area contributed by atoms with Crippen LogP contribution in [0, 0.1) is 0 Å². The Balaban J connectivity index is 2.17. The van der Waals surface area contributed by atoms with Gasteiger partial charge in [-0.1, -0.05) is 18.2 Å². The van der Waals surface area contributed by atoms with Gasteiger partial charge in [0.1, 0.15) is 0 Å². The molecule has 88 valence electrons. The van der Waals surface area contributed by atoms with Crippen molar-refractivity contribution < 1.29 is 9.90 Å². The Hall–Kier alpha value is -1.97. The summed E-state index contributed by atoms with van der Waals surface area (Å²) in [5.74, 6) is 0. The first-order chi connectivity index (χ1) is 8.18. The lowest BCUT2D eigenvalue weighted by Gasteiger charge is -2.25. The highest BCUT2D eigenvalue weighted by Gasteiger charge is 2.24. The predicted octanol–water partition coefficient (Wildman–Crippen LogP) is 2.21. The Bertz CT molecular complexity index is 601. The fourth-order valence-electron chi connectivity index (χ4n) is 2.67. The van der Waals surface area contributed by atoms with Crippen LogP contribution in [0.5, 0.6) is 0 Å². The zero-order valence-corrected chi connectivity index (χ0v) is 9.68. The standard InChI is InChI=1S/C13H14N2O2/c1-14-11-5-3-2-4-9(11)10-6-7-15(13(16)17)8-12(10)14/h2-5H,6-8H2,1H3,(H,16,17). The van der Waals surface area contributed by atoms with Gasteiger partial charge in [0.2, 0.25) is 0 Å². The smallest absolute Gasteiger partial charge is 0.407 e. The van der Waals surface area contributed by atoms with Gasteiger partial charge >= 0.3 is 6.09 Å². The lowest BCUT2D eigenvalue weighted by molar-refractivity contribution is 0.139. The molecule has 4 heteroatoms. The number of hydrogen-bond acceptors (Lipinski definition) is 1. The Kier molecular flexibility index (Phi) is 2.11. The van der Waals surface area contributed by atoms with Crippen molar-refractivity contribution in [3.05, 3.63) is 35.5 Å². The van der Waals surface area contributed by atoms with Gasteiger partial charge in [-0.3, -0.25) is 0 Å². The van der Waals surface area contributed by atoms with Crippen LogP contribution in [0.4, 0.5) is 4.79 Å². The van der Waals surface area contributed by atoms with Crippen molar-refractivity contribution in [3.8, 4) is 0 Å². The molecule has 4 nitrogen and oxygen atoms in total. The van der Waals surface area contributed by atoms with Gasteiger partial charge in [0.15, 0.2) is 0 Å². The number of fused-ring (bicyclic) bond motifs is 3. The molecule has 3 rings (SSSR count). The summed E-state index contributed by atoms with van der Waals surface area (Å²) >= 11 is 0. The molecule has 0 saturated heterocycles. The van der Waals surface area contributed by atoms with Crippen LogP contribution in [-0.2, 0) is 20.0 Å². The quantitative estimate of drug-likeness (QED) is 0.754. The lowest BCUT2D eigenvalue weighted by Crippen LogP contribution is -2.35. The second-order valence-electron chi connectivity index (χ2n) is 4.46. The molecule has 1 aromatic carbocycles. The van der Waals surface area contributed by atoms with Crippen LogP contribution in [0.15, 0.2) is 24.3 Å². The first-order valence-electron chi connectivity index (χ1n) is 5.71. The zero-order valence-electron chi connectivity index (χ0n) is 9.68. The van der Waals surface area contributed by atoms with Crippen molar-refractivity contribution in [2.75, 3.05) is 6.54 Å². The number of carbonyl (C=O) groups is 1. The van der Waals surface area contributed by atoms with E-state index in [1.165, 1.54) is 21.4 Å². The first-order valence-corrected chi connectivity index (χ1v) is 5.71. The fraction of sp³-hybridized carbons (Fsp3) is 0.308. The molecule has 1 aromatic heterocycles. The third kappa shape index (κ3) is 1.40. The summed E-state index contributed by atoms with van der Waals surface area (Å²) in [6.45, 7) is 1.09. The Morgan fingerprint density at radius 1 is 1.35 bits per heavy atom. The summed E-state index contributed by atoms with van der Waals surface area (Å²) in [6, 6.07) is 8.25. The van der Waals surface area contributed by atoms with Crippen molar-refractivity contribution in [2.24, 2.45) is 7.05 Å². The van der Waals surface area contributed by atoms with E-state index in [4.69, 9.17) is 5.11 Å². The third-order valence-corrected chi connectivity index (χ3v) is 3.59. The highest BCUT2D eigenvalue weighted by Crippen LogP contribution is 2.29. The molecule has 1 aliphatic heterocycles. The monoisotopic (exact) mass is 230 g/mol. The van der Waals surface area contributed by atoms with Crippen molar-refractivity contribution in [1.29, 1.82) is 0 Å². The lowest BCUT2D eigenvalue weighted by atomic mass is 10.0. The van der Waals surface area contributed by atoms with Crippen LogP contribution >= 0.6 is 0 Å². The van der Waals surface area contributed by atoms with E-state index in [1.807, 2.05) is 19.2 Å². The van der Waals surface area contributed by atoms with E-state index in [1.54, 1.807) is 0 Å². The van der Waals surface area contributed by atoms with Crippen LogP contribution < -0.4 is 0 Å². The summed E-state index contributed by atoms with van der Waals surface area (Å²) in [4.78, 5) is 12.5.